The molecule has 0 aromatic heterocycles. The van der Waals surface area contributed by atoms with E-state index >= 15 is 0 Å². The van der Waals surface area contributed by atoms with Gasteiger partial charge in [0.05, 0.1) is 19.2 Å². The highest BCUT2D eigenvalue weighted by molar-refractivity contribution is 6.23. The zero-order valence-corrected chi connectivity index (χ0v) is 12.5. The molecule has 6 heteroatoms. The first-order chi connectivity index (χ1) is 11.1. The van der Waals surface area contributed by atoms with Crippen LogP contribution in [0.5, 0.6) is 5.75 Å². The van der Waals surface area contributed by atoms with Crippen molar-refractivity contribution in [3.8, 4) is 5.75 Å². The summed E-state index contributed by atoms with van der Waals surface area (Å²) in [4.78, 5) is 25.6. The van der Waals surface area contributed by atoms with Crippen LogP contribution in [0.1, 0.15) is 6.42 Å². The second-order valence-corrected chi connectivity index (χ2v) is 5.18. The first-order valence-electron chi connectivity index (χ1n) is 7.11. The number of carbonyl (C=O) groups is 2. The zero-order valence-electron chi connectivity index (χ0n) is 12.5. The van der Waals surface area contributed by atoms with Gasteiger partial charge in [-0.25, -0.2) is 9.29 Å². The maximum atomic E-state index is 13.3. The van der Waals surface area contributed by atoms with Crippen molar-refractivity contribution in [1.82, 2.24) is 0 Å². The third kappa shape index (κ3) is 3.01. The van der Waals surface area contributed by atoms with Gasteiger partial charge in [0.2, 0.25) is 5.91 Å². The minimum Gasteiger partial charge on any atom is -0.497 e. The first kappa shape index (κ1) is 15.0. The summed E-state index contributed by atoms with van der Waals surface area (Å²) in [6.45, 7) is 0. The van der Waals surface area contributed by atoms with Crippen molar-refractivity contribution >= 4 is 23.2 Å². The van der Waals surface area contributed by atoms with Crippen LogP contribution in [0, 0.1) is 5.82 Å². The number of halogens is 1. The standard InChI is InChI=1S/C17H15FN2O3/c1-23-14-7-3-5-12(9-14)19-15-10-16(21)20(17(15)22)13-6-2-4-11(18)8-13/h2-9,15,19H,10H2,1H3/t15-/m0/s1. The minimum absolute atomic E-state index is 0.0204. The van der Waals surface area contributed by atoms with Crippen LogP contribution >= 0.6 is 0 Å². The van der Waals surface area contributed by atoms with Gasteiger partial charge in [0.1, 0.15) is 17.6 Å². The lowest BCUT2D eigenvalue weighted by Crippen LogP contribution is -2.34. The van der Waals surface area contributed by atoms with Gasteiger partial charge in [-0.2, -0.15) is 0 Å². The van der Waals surface area contributed by atoms with Crippen LogP contribution in [0.15, 0.2) is 48.5 Å². The second-order valence-electron chi connectivity index (χ2n) is 5.18. The van der Waals surface area contributed by atoms with Crippen LogP contribution in [-0.2, 0) is 9.59 Å². The largest absolute Gasteiger partial charge is 0.497 e. The number of methoxy groups -OCH3 is 1. The van der Waals surface area contributed by atoms with E-state index in [0.717, 1.165) is 4.90 Å². The van der Waals surface area contributed by atoms with Gasteiger partial charge in [-0.1, -0.05) is 12.1 Å². The van der Waals surface area contributed by atoms with Crippen molar-refractivity contribution in [2.75, 3.05) is 17.3 Å². The van der Waals surface area contributed by atoms with Gasteiger partial charge in [0.15, 0.2) is 0 Å². The van der Waals surface area contributed by atoms with E-state index in [0.29, 0.717) is 11.4 Å². The predicted molar refractivity (Wildman–Crippen MR) is 83.9 cm³/mol. The Balaban J connectivity index is 1.81. The number of carbonyl (C=O) groups excluding carboxylic acids is 2. The van der Waals surface area contributed by atoms with E-state index < -0.39 is 17.8 Å². The molecule has 2 aromatic rings. The molecule has 0 aliphatic carbocycles. The molecular weight excluding hydrogens is 299 g/mol. The molecule has 0 saturated carbocycles. The van der Waals surface area contributed by atoms with E-state index in [-0.39, 0.29) is 18.0 Å². The number of imide groups is 1. The molecule has 2 amide bonds. The third-order valence-electron chi connectivity index (χ3n) is 3.62. The van der Waals surface area contributed by atoms with E-state index in [2.05, 4.69) is 5.32 Å². The van der Waals surface area contributed by atoms with Crippen LogP contribution in [-0.4, -0.2) is 25.0 Å². The Kier molecular flexibility index (Phi) is 3.97. The summed E-state index contributed by atoms with van der Waals surface area (Å²) in [5, 5.41) is 3.02. The van der Waals surface area contributed by atoms with E-state index in [4.69, 9.17) is 4.74 Å². The molecule has 1 aliphatic heterocycles. The number of ether oxygens (including phenoxy) is 1. The Morgan fingerprint density at radius 2 is 1.96 bits per heavy atom. The predicted octanol–water partition coefficient (Wildman–Crippen LogP) is 2.58. The van der Waals surface area contributed by atoms with Crippen molar-refractivity contribution < 1.29 is 18.7 Å². The summed E-state index contributed by atoms with van der Waals surface area (Å²) in [5.41, 5.74) is 0.923. The van der Waals surface area contributed by atoms with Gasteiger partial charge in [-0.15, -0.1) is 0 Å². The van der Waals surface area contributed by atoms with Crippen molar-refractivity contribution in [1.29, 1.82) is 0 Å². The number of nitrogens with zero attached hydrogens (tertiary/aromatic N) is 1. The molecule has 0 unspecified atom stereocenters. The van der Waals surface area contributed by atoms with Gasteiger partial charge in [-0.3, -0.25) is 9.59 Å². The summed E-state index contributed by atoms with van der Waals surface area (Å²) in [7, 11) is 1.55. The maximum Gasteiger partial charge on any atom is 0.256 e. The van der Waals surface area contributed by atoms with E-state index in [9.17, 15) is 14.0 Å². The van der Waals surface area contributed by atoms with Crippen LogP contribution in [0.3, 0.4) is 0 Å². The number of anilines is 2. The van der Waals surface area contributed by atoms with Gasteiger partial charge in [0.25, 0.3) is 5.91 Å². The molecule has 1 aliphatic rings. The normalized spacial score (nSPS) is 17.5. The monoisotopic (exact) mass is 314 g/mol. The Hall–Kier alpha value is -2.89. The Morgan fingerprint density at radius 3 is 2.70 bits per heavy atom. The molecule has 3 rings (SSSR count). The molecule has 0 spiro atoms. The van der Waals surface area contributed by atoms with Crippen LogP contribution < -0.4 is 15.0 Å². The summed E-state index contributed by atoms with van der Waals surface area (Å²) >= 11 is 0. The number of hydrogen-bond acceptors (Lipinski definition) is 4. The molecule has 2 aromatic carbocycles. The van der Waals surface area contributed by atoms with Crippen molar-refractivity contribution in [2.24, 2.45) is 0 Å². The van der Waals surface area contributed by atoms with E-state index in [1.807, 2.05) is 0 Å². The minimum atomic E-state index is -0.683. The summed E-state index contributed by atoms with van der Waals surface area (Å²) in [6, 6.07) is 11.8. The third-order valence-corrected chi connectivity index (χ3v) is 3.62. The molecule has 0 radical (unpaired) electrons. The highest BCUT2D eigenvalue weighted by Gasteiger charge is 2.39. The Bertz CT molecular complexity index is 763. The molecule has 1 fully saturated rings. The lowest BCUT2D eigenvalue weighted by molar-refractivity contribution is -0.121. The maximum absolute atomic E-state index is 13.3. The highest BCUT2D eigenvalue weighted by Crippen LogP contribution is 2.26. The van der Waals surface area contributed by atoms with Crippen LogP contribution in [0.2, 0.25) is 0 Å². The average Bonchev–Trinajstić information content (AvgIpc) is 2.81. The summed E-state index contributed by atoms with van der Waals surface area (Å²) in [6.07, 6.45) is 0.0204. The fraction of sp³-hybridized carbons (Fsp3) is 0.176. The second kappa shape index (κ2) is 6.08. The quantitative estimate of drug-likeness (QED) is 0.881. The number of amides is 2. The van der Waals surface area contributed by atoms with Crippen molar-refractivity contribution in [2.45, 2.75) is 12.5 Å². The fourth-order valence-electron chi connectivity index (χ4n) is 2.55. The van der Waals surface area contributed by atoms with Crippen LogP contribution in [0.4, 0.5) is 15.8 Å². The molecule has 23 heavy (non-hydrogen) atoms. The van der Waals surface area contributed by atoms with Crippen molar-refractivity contribution in [3.63, 3.8) is 0 Å². The van der Waals surface area contributed by atoms with Crippen LogP contribution in [0.25, 0.3) is 0 Å². The Labute approximate surface area is 132 Å². The zero-order chi connectivity index (χ0) is 16.4. The lowest BCUT2D eigenvalue weighted by atomic mass is 10.2. The Morgan fingerprint density at radius 1 is 1.17 bits per heavy atom. The highest BCUT2D eigenvalue weighted by atomic mass is 19.1. The van der Waals surface area contributed by atoms with Gasteiger partial charge < -0.3 is 10.1 Å². The topological polar surface area (TPSA) is 58.6 Å². The number of hydrogen-bond donors (Lipinski definition) is 1. The molecule has 118 valence electrons. The average molecular weight is 314 g/mol. The number of rotatable bonds is 4. The molecular formula is C17H15FN2O3. The van der Waals surface area contributed by atoms with E-state index in [1.165, 1.54) is 24.3 Å². The molecule has 1 N–H and O–H groups in total. The van der Waals surface area contributed by atoms with Gasteiger partial charge in [-0.05, 0) is 30.3 Å². The molecule has 0 bridgehead atoms. The smallest absolute Gasteiger partial charge is 0.256 e. The number of nitrogens with one attached hydrogen (secondary N) is 1. The van der Waals surface area contributed by atoms with Gasteiger partial charge >= 0.3 is 0 Å². The SMILES string of the molecule is COc1cccc(N[C@H]2CC(=O)N(c3cccc(F)c3)C2=O)c1. The van der Waals surface area contributed by atoms with Gasteiger partial charge in [0, 0.05) is 11.8 Å². The summed E-state index contributed by atoms with van der Waals surface area (Å²) < 4.78 is 18.5. The first-order valence-corrected chi connectivity index (χ1v) is 7.11. The summed E-state index contributed by atoms with van der Waals surface area (Å²) in [5.74, 6) is -0.606. The molecule has 1 saturated heterocycles. The molecule has 5 nitrogen and oxygen atoms in total. The number of benzene rings is 2. The lowest BCUT2D eigenvalue weighted by Gasteiger charge is -2.16. The fourth-order valence-corrected chi connectivity index (χ4v) is 2.55. The van der Waals surface area contributed by atoms with Crippen molar-refractivity contribution in [3.05, 3.63) is 54.3 Å². The molecule has 1 heterocycles. The molecule has 1 atom stereocenters. The van der Waals surface area contributed by atoms with E-state index in [1.54, 1.807) is 31.4 Å².